The Balaban J connectivity index is 1.65. The number of hydrogen-bond acceptors (Lipinski definition) is 4. The third kappa shape index (κ3) is 3.54. The maximum atomic E-state index is 13.9. The van der Waals surface area contributed by atoms with E-state index in [1.165, 1.54) is 24.5 Å². The molecule has 3 aromatic rings. The molecule has 134 valence electrons. The summed E-state index contributed by atoms with van der Waals surface area (Å²) < 4.78 is 26.9. The summed E-state index contributed by atoms with van der Waals surface area (Å²) in [7, 11) is 0. The number of hydrogen-bond donors (Lipinski definition) is 0. The Morgan fingerprint density at radius 1 is 1.12 bits per heavy atom. The zero-order chi connectivity index (χ0) is 18.1. The number of benzene rings is 1. The van der Waals surface area contributed by atoms with E-state index in [0.29, 0.717) is 23.4 Å². The molecule has 0 unspecified atom stereocenters. The van der Waals surface area contributed by atoms with Crippen molar-refractivity contribution in [3.8, 4) is 23.2 Å². The monoisotopic (exact) mass is 353 g/mol. The Labute approximate surface area is 151 Å². The first-order valence-electron chi connectivity index (χ1n) is 8.75. The molecule has 0 N–H and O–H groups in total. The molecule has 0 aliphatic heterocycles. The SMILES string of the molecule is CC(C)Oc1nn(-c2ccc(C3CC3)cn2)cc1Oc1ccccc1F. The van der Waals surface area contributed by atoms with Crippen LogP contribution in [0.2, 0.25) is 0 Å². The molecule has 0 atom stereocenters. The van der Waals surface area contributed by atoms with E-state index in [2.05, 4.69) is 16.1 Å². The maximum absolute atomic E-state index is 13.9. The van der Waals surface area contributed by atoms with Crippen LogP contribution in [0.5, 0.6) is 17.4 Å². The standard InChI is InChI=1S/C20H20FN3O2/c1-13(2)25-20-18(26-17-6-4-3-5-16(17)21)12-24(23-20)19-10-9-15(11-22-19)14-7-8-14/h3-6,9-14H,7-8H2,1-2H3. The van der Waals surface area contributed by atoms with Crippen LogP contribution >= 0.6 is 0 Å². The van der Waals surface area contributed by atoms with Crippen molar-refractivity contribution >= 4 is 0 Å². The van der Waals surface area contributed by atoms with Crippen molar-refractivity contribution < 1.29 is 13.9 Å². The Hall–Kier alpha value is -2.89. The van der Waals surface area contributed by atoms with Gasteiger partial charge in [0.15, 0.2) is 17.4 Å². The minimum Gasteiger partial charge on any atom is -0.471 e. The lowest BCUT2D eigenvalue weighted by atomic mass is 10.2. The number of aromatic nitrogens is 3. The Morgan fingerprint density at radius 3 is 2.58 bits per heavy atom. The first-order valence-corrected chi connectivity index (χ1v) is 8.75. The second kappa shape index (κ2) is 6.78. The van der Waals surface area contributed by atoms with Crippen LogP contribution in [0.15, 0.2) is 48.8 Å². The van der Waals surface area contributed by atoms with Gasteiger partial charge in [-0.15, -0.1) is 5.10 Å². The molecule has 6 heteroatoms. The zero-order valence-electron chi connectivity index (χ0n) is 14.7. The first kappa shape index (κ1) is 16.6. The molecule has 1 aliphatic carbocycles. The van der Waals surface area contributed by atoms with E-state index in [0.717, 1.165) is 0 Å². The molecular weight excluding hydrogens is 333 g/mol. The highest BCUT2D eigenvalue weighted by molar-refractivity contribution is 5.40. The van der Waals surface area contributed by atoms with Gasteiger partial charge < -0.3 is 9.47 Å². The van der Waals surface area contributed by atoms with E-state index in [1.54, 1.807) is 29.1 Å². The van der Waals surface area contributed by atoms with Gasteiger partial charge in [-0.25, -0.2) is 14.1 Å². The lowest BCUT2D eigenvalue weighted by Crippen LogP contribution is -2.07. The summed E-state index contributed by atoms with van der Waals surface area (Å²) >= 11 is 0. The number of ether oxygens (including phenoxy) is 2. The number of rotatable bonds is 6. The van der Waals surface area contributed by atoms with Gasteiger partial charge >= 0.3 is 0 Å². The van der Waals surface area contributed by atoms with Crippen LogP contribution in [0.25, 0.3) is 5.82 Å². The van der Waals surface area contributed by atoms with Gasteiger partial charge in [-0.1, -0.05) is 18.2 Å². The lowest BCUT2D eigenvalue weighted by Gasteiger charge is -2.09. The molecule has 1 fully saturated rings. The van der Waals surface area contributed by atoms with E-state index in [-0.39, 0.29) is 11.9 Å². The van der Waals surface area contributed by atoms with Crippen molar-refractivity contribution in [1.82, 2.24) is 14.8 Å². The van der Waals surface area contributed by atoms with Crippen LogP contribution < -0.4 is 9.47 Å². The minimum atomic E-state index is -0.442. The molecule has 5 nitrogen and oxygen atoms in total. The zero-order valence-corrected chi connectivity index (χ0v) is 14.7. The fourth-order valence-corrected chi connectivity index (χ4v) is 2.67. The van der Waals surface area contributed by atoms with E-state index < -0.39 is 5.82 Å². The van der Waals surface area contributed by atoms with Gasteiger partial charge in [0.25, 0.3) is 5.88 Å². The van der Waals surface area contributed by atoms with Gasteiger partial charge in [0.05, 0.1) is 12.3 Å². The highest BCUT2D eigenvalue weighted by atomic mass is 19.1. The summed E-state index contributed by atoms with van der Waals surface area (Å²) in [6, 6.07) is 10.2. The van der Waals surface area contributed by atoms with Crippen molar-refractivity contribution in [3.63, 3.8) is 0 Å². The quantitative estimate of drug-likeness (QED) is 0.635. The van der Waals surface area contributed by atoms with E-state index >= 15 is 0 Å². The van der Waals surface area contributed by atoms with Crippen molar-refractivity contribution in [1.29, 1.82) is 0 Å². The fourth-order valence-electron chi connectivity index (χ4n) is 2.67. The van der Waals surface area contributed by atoms with Gasteiger partial charge in [-0.05, 0) is 56.4 Å². The van der Waals surface area contributed by atoms with E-state index in [9.17, 15) is 4.39 Å². The number of pyridine rings is 1. The van der Waals surface area contributed by atoms with Crippen molar-refractivity contribution in [2.24, 2.45) is 0 Å². The molecule has 2 heterocycles. The smallest absolute Gasteiger partial charge is 0.277 e. The summed E-state index contributed by atoms with van der Waals surface area (Å²) in [4.78, 5) is 4.48. The first-order chi connectivity index (χ1) is 12.6. The predicted octanol–water partition coefficient (Wildman–Crippen LogP) is 4.86. The molecule has 0 amide bonds. The minimum absolute atomic E-state index is 0.0912. The van der Waals surface area contributed by atoms with Gasteiger partial charge in [-0.2, -0.15) is 0 Å². The molecule has 0 bridgehead atoms. The molecule has 4 rings (SSSR count). The highest BCUT2D eigenvalue weighted by Gasteiger charge is 2.24. The largest absolute Gasteiger partial charge is 0.471 e. The number of para-hydroxylation sites is 1. The summed E-state index contributed by atoms with van der Waals surface area (Å²) in [5.41, 5.74) is 1.25. The number of nitrogens with zero attached hydrogens (tertiary/aromatic N) is 3. The van der Waals surface area contributed by atoms with Gasteiger partial charge in [-0.3, -0.25) is 0 Å². The van der Waals surface area contributed by atoms with E-state index in [4.69, 9.17) is 9.47 Å². The maximum Gasteiger partial charge on any atom is 0.277 e. The summed E-state index contributed by atoms with van der Waals surface area (Å²) in [6.07, 6.45) is 5.91. The average molecular weight is 353 g/mol. The van der Waals surface area contributed by atoms with Gasteiger partial charge in [0, 0.05) is 6.20 Å². The van der Waals surface area contributed by atoms with Crippen LogP contribution in [0.3, 0.4) is 0 Å². The molecule has 26 heavy (non-hydrogen) atoms. The third-order valence-corrected chi connectivity index (χ3v) is 4.11. The topological polar surface area (TPSA) is 49.2 Å². The molecule has 0 radical (unpaired) electrons. The summed E-state index contributed by atoms with van der Waals surface area (Å²) in [5.74, 6) is 1.63. The van der Waals surface area contributed by atoms with Gasteiger partial charge in [0.1, 0.15) is 0 Å². The molecule has 1 aromatic carbocycles. The number of halogens is 1. The van der Waals surface area contributed by atoms with Crippen LogP contribution in [-0.4, -0.2) is 20.9 Å². The predicted molar refractivity (Wildman–Crippen MR) is 95.6 cm³/mol. The third-order valence-electron chi connectivity index (χ3n) is 4.11. The Bertz CT molecular complexity index is 902. The lowest BCUT2D eigenvalue weighted by molar-refractivity contribution is 0.223. The Kier molecular flexibility index (Phi) is 4.32. The van der Waals surface area contributed by atoms with Crippen LogP contribution in [-0.2, 0) is 0 Å². The van der Waals surface area contributed by atoms with Crippen molar-refractivity contribution in [2.45, 2.75) is 38.7 Å². The molecule has 1 aliphatic rings. The van der Waals surface area contributed by atoms with Crippen molar-refractivity contribution in [3.05, 3.63) is 60.2 Å². The van der Waals surface area contributed by atoms with Crippen LogP contribution in [0, 0.1) is 5.82 Å². The Morgan fingerprint density at radius 2 is 1.92 bits per heavy atom. The van der Waals surface area contributed by atoms with Gasteiger partial charge in [0.2, 0.25) is 5.75 Å². The average Bonchev–Trinajstić information content (AvgIpc) is 3.40. The van der Waals surface area contributed by atoms with Crippen molar-refractivity contribution in [2.75, 3.05) is 0 Å². The van der Waals surface area contributed by atoms with E-state index in [1.807, 2.05) is 26.1 Å². The summed E-state index contributed by atoms with van der Waals surface area (Å²) in [5, 5.41) is 4.42. The summed E-state index contributed by atoms with van der Waals surface area (Å²) in [6.45, 7) is 3.79. The molecule has 2 aromatic heterocycles. The normalized spacial score (nSPS) is 13.8. The molecule has 0 saturated heterocycles. The molecule has 1 saturated carbocycles. The van der Waals surface area contributed by atoms with Crippen LogP contribution in [0.4, 0.5) is 4.39 Å². The fraction of sp³-hybridized carbons (Fsp3) is 0.300. The highest BCUT2D eigenvalue weighted by Crippen LogP contribution is 2.40. The second-order valence-electron chi connectivity index (χ2n) is 6.67. The molecule has 0 spiro atoms. The van der Waals surface area contributed by atoms with Crippen LogP contribution in [0.1, 0.15) is 38.2 Å². The second-order valence-corrected chi connectivity index (χ2v) is 6.67. The molecular formula is C20H20FN3O2.